The van der Waals surface area contributed by atoms with Crippen LogP contribution in [0.5, 0.6) is 0 Å². The van der Waals surface area contributed by atoms with Gasteiger partial charge >= 0.3 is 5.97 Å². The minimum Gasteiger partial charge on any atom is -0.464 e. The molecule has 0 aromatic heterocycles. The SMILES string of the molecule is CCOC(=O)C(C)(O)CCl. The van der Waals surface area contributed by atoms with E-state index >= 15 is 0 Å². The number of hydrogen-bond donors (Lipinski definition) is 1. The zero-order chi connectivity index (χ0) is 8.20. The minimum absolute atomic E-state index is 0.147. The first kappa shape index (κ1) is 9.72. The standard InChI is InChI=1S/C6H11ClO3/c1-3-10-5(8)6(2,9)4-7/h9H,3-4H2,1-2H3. The van der Waals surface area contributed by atoms with E-state index in [1.807, 2.05) is 0 Å². The lowest BCUT2D eigenvalue weighted by Crippen LogP contribution is -2.38. The van der Waals surface area contributed by atoms with Crippen molar-refractivity contribution in [3.8, 4) is 0 Å². The highest BCUT2D eigenvalue weighted by atomic mass is 35.5. The average molecular weight is 167 g/mol. The predicted octanol–water partition coefficient (Wildman–Crippen LogP) is 0.539. The Kier molecular flexibility index (Phi) is 3.68. The zero-order valence-corrected chi connectivity index (χ0v) is 6.81. The fraction of sp³-hybridized carbons (Fsp3) is 0.833. The summed E-state index contributed by atoms with van der Waals surface area (Å²) in [5.74, 6) is -0.823. The lowest BCUT2D eigenvalue weighted by molar-refractivity contribution is -0.160. The number of aliphatic hydroxyl groups is 1. The number of halogens is 1. The second-order valence-corrected chi connectivity index (χ2v) is 2.40. The van der Waals surface area contributed by atoms with Gasteiger partial charge < -0.3 is 9.84 Å². The van der Waals surface area contributed by atoms with Crippen molar-refractivity contribution in [3.63, 3.8) is 0 Å². The third-order valence-electron chi connectivity index (χ3n) is 0.975. The topological polar surface area (TPSA) is 46.5 Å². The molecule has 0 saturated carbocycles. The van der Waals surface area contributed by atoms with Gasteiger partial charge in [-0.15, -0.1) is 11.6 Å². The highest BCUT2D eigenvalue weighted by molar-refractivity contribution is 6.20. The summed E-state index contributed by atoms with van der Waals surface area (Å²) in [6.45, 7) is 3.24. The molecule has 1 unspecified atom stereocenters. The minimum atomic E-state index is -1.54. The Morgan fingerprint density at radius 3 is 2.60 bits per heavy atom. The molecule has 0 aromatic carbocycles. The van der Waals surface area contributed by atoms with E-state index in [1.165, 1.54) is 6.92 Å². The molecule has 4 heteroatoms. The number of hydrogen-bond acceptors (Lipinski definition) is 3. The van der Waals surface area contributed by atoms with Gasteiger partial charge in [-0.05, 0) is 13.8 Å². The molecule has 0 aromatic rings. The summed E-state index contributed by atoms with van der Waals surface area (Å²) in [5.41, 5.74) is -1.54. The van der Waals surface area contributed by atoms with E-state index in [4.69, 9.17) is 16.7 Å². The third kappa shape index (κ3) is 2.54. The van der Waals surface area contributed by atoms with E-state index in [0.717, 1.165) is 0 Å². The van der Waals surface area contributed by atoms with Crippen molar-refractivity contribution in [1.29, 1.82) is 0 Å². The van der Waals surface area contributed by atoms with Gasteiger partial charge in [0.2, 0.25) is 0 Å². The Morgan fingerprint density at radius 2 is 2.30 bits per heavy atom. The molecule has 0 radical (unpaired) electrons. The van der Waals surface area contributed by atoms with Gasteiger partial charge in [0.05, 0.1) is 12.5 Å². The Morgan fingerprint density at radius 1 is 1.80 bits per heavy atom. The van der Waals surface area contributed by atoms with Gasteiger partial charge in [0.25, 0.3) is 0 Å². The smallest absolute Gasteiger partial charge is 0.339 e. The summed E-state index contributed by atoms with van der Waals surface area (Å²) in [7, 11) is 0. The Balaban J connectivity index is 3.91. The number of ether oxygens (including phenoxy) is 1. The van der Waals surface area contributed by atoms with Gasteiger partial charge in [-0.2, -0.15) is 0 Å². The maximum atomic E-state index is 10.7. The molecule has 0 amide bonds. The highest BCUT2D eigenvalue weighted by Gasteiger charge is 2.30. The van der Waals surface area contributed by atoms with E-state index in [0.29, 0.717) is 0 Å². The van der Waals surface area contributed by atoms with E-state index < -0.39 is 11.6 Å². The quantitative estimate of drug-likeness (QED) is 0.492. The predicted molar refractivity (Wildman–Crippen MR) is 38.0 cm³/mol. The summed E-state index contributed by atoms with van der Waals surface area (Å²) in [5, 5.41) is 9.12. The van der Waals surface area contributed by atoms with Crippen LogP contribution >= 0.6 is 11.6 Å². The highest BCUT2D eigenvalue weighted by Crippen LogP contribution is 2.07. The van der Waals surface area contributed by atoms with Crippen molar-refractivity contribution >= 4 is 17.6 Å². The van der Waals surface area contributed by atoms with Crippen LogP contribution in [0.15, 0.2) is 0 Å². The van der Waals surface area contributed by atoms with Gasteiger partial charge in [-0.1, -0.05) is 0 Å². The molecule has 0 aliphatic carbocycles. The van der Waals surface area contributed by atoms with E-state index in [9.17, 15) is 4.79 Å². The molecule has 0 aliphatic rings. The van der Waals surface area contributed by atoms with Crippen molar-refractivity contribution in [2.45, 2.75) is 19.4 Å². The molecule has 0 aliphatic heterocycles. The number of esters is 1. The van der Waals surface area contributed by atoms with Crippen LogP contribution in [0.1, 0.15) is 13.8 Å². The summed E-state index contributed by atoms with van der Waals surface area (Å²) >= 11 is 5.27. The Hall–Kier alpha value is -0.280. The van der Waals surface area contributed by atoms with Crippen LogP contribution < -0.4 is 0 Å². The normalized spacial score (nSPS) is 16.0. The molecule has 0 saturated heterocycles. The lowest BCUT2D eigenvalue weighted by atomic mass is 10.1. The van der Waals surface area contributed by atoms with Crippen LogP contribution in [-0.2, 0) is 9.53 Å². The largest absolute Gasteiger partial charge is 0.464 e. The van der Waals surface area contributed by atoms with Crippen LogP contribution in [0.2, 0.25) is 0 Å². The first-order chi connectivity index (χ1) is 4.54. The molecular formula is C6H11ClO3. The Bertz CT molecular complexity index is 122. The van der Waals surface area contributed by atoms with Crippen molar-refractivity contribution in [2.75, 3.05) is 12.5 Å². The van der Waals surface area contributed by atoms with Crippen LogP contribution in [-0.4, -0.2) is 29.2 Å². The van der Waals surface area contributed by atoms with E-state index in [-0.39, 0.29) is 12.5 Å². The molecule has 0 rings (SSSR count). The summed E-state index contributed by atoms with van der Waals surface area (Å²) in [4.78, 5) is 10.7. The van der Waals surface area contributed by atoms with E-state index in [1.54, 1.807) is 6.92 Å². The maximum absolute atomic E-state index is 10.7. The van der Waals surface area contributed by atoms with Crippen molar-refractivity contribution < 1.29 is 14.6 Å². The number of alkyl halides is 1. The summed E-state index contributed by atoms with van der Waals surface area (Å²) < 4.78 is 4.52. The first-order valence-electron chi connectivity index (χ1n) is 3.00. The maximum Gasteiger partial charge on any atom is 0.339 e. The fourth-order valence-corrected chi connectivity index (χ4v) is 0.450. The second kappa shape index (κ2) is 3.78. The van der Waals surface area contributed by atoms with Gasteiger partial charge in [0.15, 0.2) is 5.60 Å². The third-order valence-corrected chi connectivity index (χ3v) is 1.50. The van der Waals surface area contributed by atoms with Gasteiger partial charge in [0.1, 0.15) is 0 Å². The molecule has 0 bridgehead atoms. The molecule has 1 N–H and O–H groups in total. The van der Waals surface area contributed by atoms with Crippen LogP contribution in [0, 0.1) is 0 Å². The van der Waals surface area contributed by atoms with Crippen LogP contribution in [0.25, 0.3) is 0 Å². The van der Waals surface area contributed by atoms with Gasteiger partial charge in [0, 0.05) is 0 Å². The number of carbonyl (C=O) groups excluding carboxylic acids is 1. The van der Waals surface area contributed by atoms with Crippen LogP contribution in [0.4, 0.5) is 0 Å². The van der Waals surface area contributed by atoms with E-state index in [2.05, 4.69) is 4.74 Å². The summed E-state index contributed by atoms with van der Waals surface area (Å²) in [6, 6.07) is 0. The van der Waals surface area contributed by atoms with Gasteiger partial charge in [-0.25, -0.2) is 4.79 Å². The molecular weight excluding hydrogens is 156 g/mol. The molecule has 10 heavy (non-hydrogen) atoms. The molecule has 3 nitrogen and oxygen atoms in total. The molecule has 0 fully saturated rings. The van der Waals surface area contributed by atoms with Crippen molar-refractivity contribution in [1.82, 2.24) is 0 Å². The number of rotatable bonds is 3. The average Bonchev–Trinajstić information content (AvgIpc) is 1.89. The summed E-state index contributed by atoms with van der Waals surface area (Å²) in [6.07, 6.45) is 0. The zero-order valence-electron chi connectivity index (χ0n) is 6.06. The fourth-order valence-electron chi connectivity index (χ4n) is 0.341. The molecule has 0 spiro atoms. The Labute approximate surface area is 64.9 Å². The molecule has 0 heterocycles. The monoisotopic (exact) mass is 166 g/mol. The second-order valence-electron chi connectivity index (χ2n) is 2.13. The van der Waals surface area contributed by atoms with Crippen molar-refractivity contribution in [3.05, 3.63) is 0 Å². The number of carbonyl (C=O) groups is 1. The van der Waals surface area contributed by atoms with Crippen molar-refractivity contribution in [2.24, 2.45) is 0 Å². The van der Waals surface area contributed by atoms with Gasteiger partial charge in [-0.3, -0.25) is 0 Å². The lowest BCUT2D eigenvalue weighted by Gasteiger charge is -2.16. The molecule has 60 valence electrons. The first-order valence-corrected chi connectivity index (χ1v) is 3.53. The van der Waals surface area contributed by atoms with Crippen LogP contribution in [0.3, 0.4) is 0 Å². The molecule has 1 atom stereocenters.